The van der Waals surface area contributed by atoms with E-state index >= 15 is 4.79 Å². The number of phenols is 1. The summed E-state index contributed by atoms with van der Waals surface area (Å²) in [4.78, 5) is 64.8. The number of rotatable bonds is 6. The van der Waals surface area contributed by atoms with Gasteiger partial charge in [-0.05, 0) is 103 Å². The number of carbonyl (C=O) groups is 4. The highest BCUT2D eigenvalue weighted by molar-refractivity contribution is 6.30. The molecule has 0 spiro atoms. The number of carbonyl (C=O) groups excluding carboxylic acids is 4. The number of halogens is 2. The third-order valence-electron chi connectivity index (χ3n) is 12.2. The number of nitrogens with one attached hydrogen (secondary N) is 1. The monoisotopic (exact) mass is 778 g/mol. The Hall–Kier alpha value is -6.59. The maximum Gasteiger partial charge on any atom is 0.260 e. The SMILES string of the molecule is O=C1C2CC3C(=CCC4C(=O)N(c5ccc(-c6nc7ccccc7o6)cc5)C(=O)C43)C(c3ccccc3O)C2(c2ccc(Cl)cc2)C(=O)N1Nc1ccc(F)cc1. The summed E-state index contributed by atoms with van der Waals surface area (Å²) in [7, 11) is 0. The Kier molecular flexibility index (Phi) is 7.95. The molecule has 6 atom stereocenters. The lowest BCUT2D eigenvalue weighted by Gasteiger charge is -2.50. The fourth-order valence-electron chi connectivity index (χ4n) is 9.73. The van der Waals surface area contributed by atoms with E-state index in [-0.39, 0.29) is 24.5 Å². The van der Waals surface area contributed by atoms with Gasteiger partial charge in [0.2, 0.25) is 17.7 Å². The molecule has 2 aliphatic heterocycles. The van der Waals surface area contributed by atoms with Gasteiger partial charge in [0.25, 0.3) is 11.8 Å². The van der Waals surface area contributed by atoms with Crippen molar-refractivity contribution in [3.8, 4) is 17.2 Å². The third-order valence-corrected chi connectivity index (χ3v) is 12.4. The number of amides is 4. The molecule has 0 radical (unpaired) electrons. The number of fused-ring (bicyclic) bond motifs is 5. The van der Waals surface area contributed by atoms with Gasteiger partial charge < -0.3 is 9.52 Å². The van der Waals surface area contributed by atoms with Gasteiger partial charge in [0.15, 0.2) is 5.58 Å². The number of nitrogens with zero attached hydrogens (tertiary/aromatic N) is 3. The predicted molar refractivity (Wildman–Crippen MR) is 209 cm³/mol. The number of aromatic nitrogens is 1. The molecule has 4 amide bonds. The summed E-state index contributed by atoms with van der Waals surface area (Å²) in [5.74, 6) is -6.20. The zero-order valence-corrected chi connectivity index (χ0v) is 30.8. The summed E-state index contributed by atoms with van der Waals surface area (Å²) in [5.41, 5.74) is 5.66. The van der Waals surface area contributed by atoms with Gasteiger partial charge >= 0.3 is 0 Å². The summed E-state index contributed by atoms with van der Waals surface area (Å²) in [6.07, 6.45) is 2.20. The molecule has 6 unspecified atom stereocenters. The van der Waals surface area contributed by atoms with Gasteiger partial charge in [-0.3, -0.25) is 29.5 Å². The first-order valence-corrected chi connectivity index (χ1v) is 19.0. The molecule has 5 aromatic carbocycles. The van der Waals surface area contributed by atoms with Crippen LogP contribution in [0.4, 0.5) is 15.8 Å². The van der Waals surface area contributed by atoms with Gasteiger partial charge in [0, 0.05) is 22.1 Å². The summed E-state index contributed by atoms with van der Waals surface area (Å²) >= 11 is 6.37. The number of hydrogen-bond donors (Lipinski definition) is 2. The van der Waals surface area contributed by atoms with Crippen molar-refractivity contribution in [2.24, 2.45) is 23.7 Å². The normalized spacial score (nSPS) is 25.4. The number of benzene rings is 5. The largest absolute Gasteiger partial charge is 0.508 e. The quantitative estimate of drug-likeness (QED) is 0.128. The zero-order chi connectivity index (χ0) is 39.2. The van der Waals surface area contributed by atoms with Crippen molar-refractivity contribution in [2.75, 3.05) is 10.3 Å². The third kappa shape index (κ3) is 5.18. The molecule has 3 heterocycles. The maximum absolute atomic E-state index is 15.2. The molecule has 2 aliphatic carbocycles. The minimum Gasteiger partial charge on any atom is -0.508 e. The zero-order valence-electron chi connectivity index (χ0n) is 30.0. The van der Waals surface area contributed by atoms with E-state index in [4.69, 9.17) is 16.0 Å². The van der Waals surface area contributed by atoms with Crippen LogP contribution in [0.15, 0.2) is 137 Å². The number of imide groups is 2. The van der Waals surface area contributed by atoms with Crippen LogP contribution in [0.1, 0.15) is 29.9 Å². The van der Waals surface area contributed by atoms with Crippen LogP contribution in [0, 0.1) is 29.5 Å². The molecule has 4 aliphatic rings. The van der Waals surface area contributed by atoms with Crippen LogP contribution in [0.3, 0.4) is 0 Å². The van der Waals surface area contributed by atoms with Crippen molar-refractivity contribution >= 4 is 57.7 Å². The fourth-order valence-corrected chi connectivity index (χ4v) is 9.86. The molecule has 6 aromatic rings. The van der Waals surface area contributed by atoms with Crippen molar-refractivity contribution in [2.45, 2.75) is 24.2 Å². The number of oxazole rings is 1. The maximum atomic E-state index is 15.2. The van der Waals surface area contributed by atoms with Crippen LogP contribution < -0.4 is 10.3 Å². The van der Waals surface area contributed by atoms with Crippen molar-refractivity contribution in [1.82, 2.24) is 9.99 Å². The Labute approximate surface area is 330 Å². The van der Waals surface area contributed by atoms with E-state index in [1.807, 2.05) is 30.3 Å². The number of aromatic hydroxyl groups is 1. The highest BCUT2D eigenvalue weighted by Crippen LogP contribution is 2.65. The fraction of sp³-hybridized carbons (Fsp3) is 0.178. The number of allylic oxidation sites excluding steroid dienone is 2. The molecule has 1 saturated carbocycles. The van der Waals surface area contributed by atoms with Gasteiger partial charge in [-0.15, -0.1) is 0 Å². The van der Waals surface area contributed by atoms with E-state index < -0.39 is 58.5 Å². The first-order valence-electron chi connectivity index (χ1n) is 18.6. The van der Waals surface area contributed by atoms with Gasteiger partial charge in [0.05, 0.1) is 34.5 Å². The van der Waals surface area contributed by atoms with Gasteiger partial charge in [-0.25, -0.2) is 9.37 Å². The van der Waals surface area contributed by atoms with E-state index in [0.717, 1.165) is 5.01 Å². The number of para-hydroxylation sites is 3. The molecule has 2 N–H and O–H groups in total. The molecular weight excluding hydrogens is 747 g/mol. The lowest BCUT2D eigenvalue weighted by molar-refractivity contribution is -0.138. The van der Waals surface area contributed by atoms with E-state index in [1.165, 1.54) is 35.2 Å². The highest BCUT2D eigenvalue weighted by atomic mass is 35.5. The number of hydrogen-bond acceptors (Lipinski definition) is 8. The smallest absolute Gasteiger partial charge is 0.260 e. The Morgan fingerprint density at radius 3 is 2.26 bits per heavy atom. The van der Waals surface area contributed by atoms with Crippen molar-refractivity contribution < 1.29 is 33.1 Å². The van der Waals surface area contributed by atoms with Crippen LogP contribution in [-0.2, 0) is 24.6 Å². The van der Waals surface area contributed by atoms with Gasteiger partial charge in [-0.1, -0.05) is 65.7 Å². The molecule has 57 heavy (non-hydrogen) atoms. The summed E-state index contributed by atoms with van der Waals surface area (Å²) in [6.45, 7) is 0. The van der Waals surface area contributed by atoms with E-state index in [1.54, 1.807) is 66.7 Å². The van der Waals surface area contributed by atoms with E-state index in [9.17, 15) is 23.9 Å². The summed E-state index contributed by atoms with van der Waals surface area (Å²) < 4.78 is 19.8. The van der Waals surface area contributed by atoms with Crippen molar-refractivity contribution in [3.05, 3.63) is 155 Å². The van der Waals surface area contributed by atoms with Crippen LogP contribution in [-0.4, -0.2) is 38.7 Å². The lowest BCUT2D eigenvalue weighted by Crippen LogP contribution is -2.53. The Bertz CT molecular complexity index is 2650. The highest BCUT2D eigenvalue weighted by Gasteiger charge is 2.70. The van der Waals surface area contributed by atoms with Crippen LogP contribution >= 0.6 is 11.6 Å². The van der Waals surface area contributed by atoms with Gasteiger partial charge in [0.1, 0.15) is 17.1 Å². The van der Waals surface area contributed by atoms with E-state index in [0.29, 0.717) is 55.7 Å². The van der Waals surface area contributed by atoms with Crippen LogP contribution in [0.2, 0.25) is 5.02 Å². The number of phenolic OH excluding ortho intramolecular Hbond substituents is 1. The predicted octanol–water partition coefficient (Wildman–Crippen LogP) is 8.18. The average molecular weight is 779 g/mol. The average Bonchev–Trinajstić information content (AvgIpc) is 3.84. The Morgan fingerprint density at radius 1 is 0.807 bits per heavy atom. The first kappa shape index (κ1) is 34.9. The minimum absolute atomic E-state index is 0.0649. The first-order chi connectivity index (χ1) is 27.6. The molecule has 12 heteroatoms. The second kappa shape index (κ2) is 13.0. The summed E-state index contributed by atoms with van der Waals surface area (Å²) in [5, 5.41) is 12.9. The minimum atomic E-state index is -1.60. The van der Waals surface area contributed by atoms with Crippen LogP contribution in [0.25, 0.3) is 22.6 Å². The number of hydrazine groups is 1. The summed E-state index contributed by atoms with van der Waals surface area (Å²) in [6, 6.07) is 33.0. The topological polar surface area (TPSA) is 133 Å². The lowest BCUT2D eigenvalue weighted by atomic mass is 9.49. The molecule has 2 saturated heterocycles. The van der Waals surface area contributed by atoms with Crippen LogP contribution in [0.5, 0.6) is 5.75 Å². The Morgan fingerprint density at radius 2 is 1.53 bits per heavy atom. The molecule has 0 bridgehead atoms. The van der Waals surface area contributed by atoms with E-state index in [2.05, 4.69) is 10.4 Å². The van der Waals surface area contributed by atoms with Gasteiger partial charge in [-0.2, -0.15) is 5.01 Å². The molecule has 1 aromatic heterocycles. The van der Waals surface area contributed by atoms with Crippen molar-refractivity contribution in [1.29, 1.82) is 0 Å². The standard InChI is InChI=1S/C45H32ClFN4O6/c46-26-13-11-25(12-14-26)45-34(42(54)51(44(45)56)49-28-17-15-27(47)16-18-28)23-33-30(39(45)31-5-1-3-7-36(31)52)21-22-32-38(33)43(55)50(41(32)53)29-19-9-24(10-20-29)40-48-35-6-2-4-8-37(35)57-40/h1-21,32-34,38-39,49,52H,22-23H2. The second-order valence-corrected chi connectivity index (χ2v) is 15.4. The molecule has 10 nitrogen and oxygen atoms in total. The second-order valence-electron chi connectivity index (χ2n) is 15.0. The molecule has 3 fully saturated rings. The molecule has 10 rings (SSSR count). The molecule has 282 valence electrons. The number of anilines is 2. The van der Waals surface area contributed by atoms with Crippen molar-refractivity contribution in [3.63, 3.8) is 0 Å². The molecular formula is C45H32ClFN4O6. The Balaban J connectivity index is 1.07.